The van der Waals surface area contributed by atoms with Crippen LogP contribution in [0.15, 0.2) is 30.6 Å². The van der Waals surface area contributed by atoms with Crippen molar-refractivity contribution in [3.63, 3.8) is 0 Å². The Bertz CT molecular complexity index is 998. The molecule has 0 radical (unpaired) electrons. The van der Waals surface area contributed by atoms with Gasteiger partial charge in [0.15, 0.2) is 17.0 Å². The highest BCUT2D eigenvalue weighted by atomic mass is 35.5. The molecule has 1 unspecified atom stereocenters. The summed E-state index contributed by atoms with van der Waals surface area (Å²) >= 11 is 5.96. The predicted octanol–water partition coefficient (Wildman–Crippen LogP) is 3.59. The quantitative estimate of drug-likeness (QED) is 0.518. The Morgan fingerprint density at radius 2 is 1.86 bits per heavy atom. The van der Waals surface area contributed by atoms with E-state index in [9.17, 15) is 4.79 Å². The maximum absolute atomic E-state index is 11.8. The lowest BCUT2D eigenvalue weighted by Crippen LogP contribution is -2.40. The van der Waals surface area contributed by atoms with Crippen molar-refractivity contribution in [2.45, 2.75) is 46.3 Å². The summed E-state index contributed by atoms with van der Waals surface area (Å²) in [5.74, 6) is 0.457. The van der Waals surface area contributed by atoms with Crippen LogP contribution in [0.3, 0.4) is 0 Å². The Morgan fingerprint density at radius 1 is 1.17 bits per heavy atom. The van der Waals surface area contributed by atoms with Gasteiger partial charge < -0.3 is 20.9 Å². The first-order chi connectivity index (χ1) is 13.8. The van der Waals surface area contributed by atoms with Gasteiger partial charge in [0.25, 0.3) is 0 Å². The highest BCUT2D eigenvalue weighted by Crippen LogP contribution is 2.24. The van der Waals surface area contributed by atoms with Crippen molar-refractivity contribution in [3.8, 4) is 0 Å². The third kappa shape index (κ3) is 4.76. The van der Waals surface area contributed by atoms with E-state index in [0.717, 1.165) is 5.56 Å². The van der Waals surface area contributed by atoms with Crippen LogP contribution in [0.2, 0.25) is 5.02 Å². The number of primary amides is 1. The van der Waals surface area contributed by atoms with Gasteiger partial charge in [-0.2, -0.15) is 9.97 Å². The lowest BCUT2D eigenvalue weighted by molar-refractivity contribution is -0.119. The molecule has 8 nitrogen and oxygen atoms in total. The second-order valence-electron chi connectivity index (χ2n) is 7.56. The Kier molecular flexibility index (Phi) is 6.22. The molecule has 0 saturated carbocycles. The van der Waals surface area contributed by atoms with Crippen molar-refractivity contribution in [2.75, 3.05) is 10.6 Å². The molecule has 0 aliphatic rings. The van der Waals surface area contributed by atoms with Crippen molar-refractivity contribution in [2.24, 2.45) is 11.7 Å². The van der Waals surface area contributed by atoms with E-state index in [4.69, 9.17) is 17.3 Å². The van der Waals surface area contributed by atoms with Crippen molar-refractivity contribution in [1.29, 1.82) is 0 Å². The third-order valence-electron chi connectivity index (χ3n) is 4.61. The Labute approximate surface area is 174 Å². The van der Waals surface area contributed by atoms with Crippen LogP contribution < -0.4 is 16.4 Å². The summed E-state index contributed by atoms with van der Waals surface area (Å²) in [7, 11) is 0. The van der Waals surface area contributed by atoms with E-state index in [1.54, 1.807) is 6.33 Å². The normalized spacial score (nSPS) is 12.5. The molecule has 1 atom stereocenters. The molecule has 0 aliphatic carbocycles. The Morgan fingerprint density at radius 3 is 2.45 bits per heavy atom. The molecule has 3 rings (SSSR count). The molecule has 0 saturated heterocycles. The number of amides is 1. The van der Waals surface area contributed by atoms with Gasteiger partial charge in [0, 0.05) is 17.6 Å². The lowest BCUT2D eigenvalue weighted by Gasteiger charge is -2.19. The minimum atomic E-state index is -0.577. The number of nitrogens with zero attached hydrogens (tertiary/aromatic N) is 4. The number of anilines is 2. The van der Waals surface area contributed by atoms with Gasteiger partial charge in [0.05, 0.1) is 6.33 Å². The predicted molar refractivity (Wildman–Crippen MR) is 116 cm³/mol. The fraction of sp³-hybridized carbons (Fsp3) is 0.400. The number of nitrogens with two attached hydrogens (primary N) is 1. The topological polar surface area (TPSA) is 111 Å². The number of aromatic nitrogens is 4. The molecule has 154 valence electrons. The number of benzene rings is 1. The van der Waals surface area contributed by atoms with Crippen molar-refractivity contribution < 1.29 is 4.79 Å². The standard InChI is InChI=1S/C20H26ClN7O/c1-11(2)15(17(22)29)25-20-26-18(23-9-13-5-7-14(21)8-6-13)16-19(27-20)28(10-24-16)12(3)4/h5-8,10-12,15H,9H2,1-4H3,(H2,22,29)(H2,23,25,26,27). The second kappa shape index (κ2) is 8.65. The number of fused-ring (bicyclic) bond motifs is 1. The molecule has 0 bridgehead atoms. The molecule has 1 amide bonds. The number of nitrogens with one attached hydrogen (secondary N) is 2. The molecule has 2 aromatic heterocycles. The smallest absolute Gasteiger partial charge is 0.240 e. The number of carbonyl (C=O) groups excluding carboxylic acids is 1. The number of carbonyl (C=O) groups is 1. The first-order valence-corrected chi connectivity index (χ1v) is 9.92. The zero-order chi connectivity index (χ0) is 21.1. The first-order valence-electron chi connectivity index (χ1n) is 9.55. The van der Waals surface area contributed by atoms with E-state index in [1.807, 2.05) is 42.7 Å². The largest absolute Gasteiger partial charge is 0.368 e. The average Bonchev–Trinajstić information content (AvgIpc) is 3.09. The van der Waals surface area contributed by atoms with E-state index < -0.39 is 11.9 Å². The van der Waals surface area contributed by atoms with Gasteiger partial charge in [-0.05, 0) is 37.5 Å². The molecular formula is C20H26ClN7O. The maximum atomic E-state index is 11.8. The van der Waals surface area contributed by atoms with Crippen LogP contribution in [0.25, 0.3) is 11.2 Å². The summed E-state index contributed by atoms with van der Waals surface area (Å²) in [5, 5.41) is 7.08. The summed E-state index contributed by atoms with van der Waals surface area (Å²) in [4.78, 5) is 25.5. The van der Waals surface area contributed by atoms with E-state index in [0.29, 0.717) is 34.5 Å². The zero-order valence-electron chi connectivity index (χ0n) is 17.0. The summed E-state index contributed by atoms with van der Waals surface area (Å²) in [5.41, 5.74) is 7.94. The van der Waals surface area contributed by atoms with Crippen LogP contribution in [0.5, 0.6) is 0 Å². The van der Waals surface area contributed by atoms with E-state index >= 15 is 0 Å². The first kappa shape index (κ1) is 20.9. The molecule has 29 heavy (non-hydrogen) atoms. The maximum Gasteiger partial charge on any atom is 0.240 e. The van der Waals surface area contributed by atoms with Gasteiger partial charge >= 0.3 is 0 Å². The zero-order valence-corrected chi connectivity index (χ0v) is 17.7. The number of rotatable bonds is 8. The van der Waals surface area contributed by atoms with Crippen LogP contribution in [0.1, 0.15) is 39.3 Å². The highest BCUT2D eigenvalue weighted by Gasteiger charge is 2.22. The van der Waals surface area contributed by atoms with Gasteiger partial charge in [-0.1, -0.05) is 37.6 Å². The minimum absolute atomic E-state index is 0.00715. The molecule has 1 aromatic carbocycles. The molecule has 0 fully saturated rings. The third-order valence-corrected chi connectivity index (χ3v) is 4.86. The van der Waals surface area contributed by atoms with Crippen molar-refractivity contribution >= 4 is 40.4 Å². The fourth-order valence-corrected chi connectivity index (χ4v) is 3.10. The fourth-order valence-electron chi connectivity index (χ4n) is 2.98. The van der Waals surface area contributed by atoms with Gasteiger partial charge in [-0.25, -0.2) is 4.98 Å². The summed E-state index contributed by atoms with van der Waals surface area (Å²) in [6, 6.07) is 7.17. The van der Waals surface area contributed by atoms with Gasteiger partial charge in [-0.15, -0.1) is 0 Å². The summed E-state index contributed by atoms with van der Waals surface area (Å²) in [6.07, 6.45) is 1.75. The lowest BCUT2D eigenvalue weighted by atomic mass is 10.0. The van der Waals surface area contributed by atoms with Crippen molar-refractivity contribution in [1.82, 2.24) is 19.5 Å². The Hall–Kier alpha value is -2.87. The number of halogens is 1. The van der Waals surface area contributed by atoms with Crippen LogP contribution in [0.4, 0.5) is 11.8 Å². The SMILES string of the molecule is CC(C)C(Nc1nc(NCc2ccc(Cl)cc2)c2ncn(C(C)C)c2n1)C(N)=O. The molecule has 9 heteroatoms. The summed E-state index contributed by atoms with van der Waals surface area (Å²) < 4.78 is 1.96. The number of hydrogen-bond donors (Lipinski definition) is 3. The number of hydrogen-bond acceptors (Lipinski definition) is 6. The molecule has 3 aromatic rings. The van der Waals surface area contributed by atoms with E-state index in [-0.39, 0.29) is 12.0 Å². The number of imidazole rings is 1. The average molecular weight is 416 g/mol. The van der Waals surface area contributed by atoms with Crippen LogP contribution in [-0.4, -0.2) is 31.5 Å². The summed E-state index contributed by atoms with van der Waals surface area (Å²) in [6.45, 7) is 8.48. The molecule has 0 aliphatic heterocycles. The van der Waals surface area contributed by atoms with Crippen LogP contribution >= 0.6 is 11.6 Å². The van der Waals surface area contributed by atoms with Crippen molar-refractivity contribution in [3.05, 3.63) is 41.2 Å². The second-order valence-corrected chi connectivity index (χ2v) is 8.00. The minimum Gasteiger partial charge on any atom is -0.368 e. The molecule has 4 N–H and O–H groups in total. The van der Waals surface area contributed by atoms with Crippen LogP contribution in [-0.2, 0) is 11.3 Å². The van der Waals surface area contributed by atoms with Gasteiger partial charge in [0.1, 0.15) is 6.04 Å². The monoisotopic (exact) mass is 415 g/mol. The molecule has 0 spiro atoms. The van der Waals surface area contributed by atoms with E-state index in [2.05, 4.69) is 39.4 Å². The van der Waals surface area contributed by atoms with E-state index in [1.165, 1.54) is 0 Å². The highest BCUT2D eigenvalue weighted by molar-refractivity contribution is 6.30. The van der Waals surface area contributed by atoms with Crippen LogP contribution in [0, 0.1) is 5.92 Å². The van der Waals surface area contributed by atoms with Gasteiger partial charge in [0.2, 0.25) is 11.9 Å². The Balaban J connectivity index is 1.97. The van der Waals surface area contributed by atoms with Gasteiger partial charge in [-0.3, -0.25) is 4.79 Å². The molecule has 2 heterocycles. The molecular weight excluding hydrogens is 390 g/mol.